The molecule has 0 spiro atoms. The maximum atomic E-state index is 12.0. The molecule has 4 unspecified atom stereocenters. The number of carbonyl (C=O) groups excluding carboxylic acids is 1. The lowest BCUT2D eigenvalue weighted by atomic mass is 9.93. The molecule has 1 N–H and O–H groups in total. The molecule has 2 bridgehead atoms. The van der Waals surface area contributed by atoms with Crippen LogP contribution in [0.4, 0.5) is 0 Å². The van der Waals surface area contributed by atoms with Gasteiger partial charge in [-0.25, -0.2) is 0 Å². The Morgan fingerprint density at radius 2 is 2.10 bits per heavy atom. The first kappa shape index (κ1) is 13.6. The van der Waals surface area contributed by atoms with Crippen molar-refractivity contribution in [1.29, 1.82) is 0 Å². The van der Waals surface area contributed by atoms with Crippen LogP contribution in [0, 0.1) is 11.8 Å². The maximum absolute atomic E-state index is 12.0. The van der Waals surface area contributed by atoms with Gasteiger partial charge >= 0.3 is 5.97 Å². The van der Waals surface area contributed by atoms with E-state index in [2.05, 4.69) is 5.32 Å². The van der Waals surface area contributed by atoms with Crippen LogP contribution in [0.15, 0.2) is 30.3 Å². The van der Waals surface area contributed by atoms with Gasteiger partial charge in [0.2, 0.25) is 0 Å². The SMILES string of the molecule is COC(=O)C(CNC1CC2CCC1C2)c1ccccc1. The predicted molar refractivity (Wildman–Crippen MR) is 78.4 cm³/mol. The average molecular weight is 273 g/mol. The molecule has 2 saturated carbocycles. The fourth-order valence-electron chi connectivity index (χ4n) is 3.93. The van der Waals surface area contributed by atoms with Crippen molar-refractivity contribution in [3.8, 4) is 0 Å². The summed E-state index contributed by atoms with van der Waals surface area (Å²) < 4.78 is 4.96. The third-order valence-electron chi connectivity index (χ3n) is 5.01. The van der Waals surface area contributed by atoms with E-state index >= 15 is 0 Å². The summed E-state index contributed by atoms with van der Waals surface area (Å²) in [7, 11) is 1.47. The molecule has 2 aliphatic rings. The Kier molecular flexibility index (Phi) is 4.06. The largest absolute Gasteiger partial charge is 0.469 e. The maximum Gasteiger partial charge on any atom is 0.314 e. The molecule has 0 aliphatic heterocycles. The van der Waals surface area contributed by atoms with Gasteiger partial charge in [-0.05, 0) is 36.7 Å². The standard InChI is InChI=1S/C17H23NO2/c1-20-17(19)15(13-5-3-2-4-6-13)11-18-16-10-12-7-8-14(16)9-12/h2-6,12,14-16,18H,7-11H2,1H3. The summed E-state index contributed by atoms with van der Waals surface area (Å²) in [5.41, 5.74) is 1.04. The number of benzene rings is 1. The van der Waals surface area contributed by atoms with Crippen molar-refractivity contribution < 1.29 is 9.53 Å². The first-order valence-corrected chi connectivity index (χ1v) is 7.64. The van der Waals surface area contributed by atoms with Crippen molar-refractivity contribution in [3.05, 3.63) is 35.9 Å². The van der Waals surface area contributed by atoms with Crippen molar-refractivity contribution in [1.82, 2.24) is 5.32 Å². The van der Waals surface area contributed by atoms with Gasteiger partial charge in [0.15, 0.2) is 0 Å². The average Bonchev–Trinajstić information content (AvgIpc) is 3.11. The summed E-state index contributed by atoms with van der Waals surface area (Å²) in [6, 6.07) is 10.5. The first-order valence-electron chi connectivity index (χ1n) is 7.64. The van der Waals surface area contributed by atoms with Gasteiger partial charge < -0.3 is 10.1 Å². The van der Waals surface area contributed by atoms with Gasteiger partial charge in [-0.15, -0.1) is 0 Å². The van der Waals surface area contributed by atoms with Crippen LogP contribution in [0.2, 0.25) is 0 Å². The molecule has 3 nitrogen and oxygen atoms in total. The highest BCUT2D eigenvalue weighted by molar-refractivity contribution is 5.78. The fourth-order valence-corrected chi connectivity index (χ4v) is 3.93. The summed E-state index contributed by atoms with van der Waals surface area (Å²) in [6.07, 6.45) is 5.43. The van der Waals surface area contributed by atoms with Crippen LogP contribution in [0.1, 0.15) is 37.2 Å². The zero-order valence-corrected chi connectivity index (χ0v) is 12.0. The minimum Gasteiger partial charge on any atom is -0.469 e. The summed E-state index contributed by atoms with van der Waals surface area (Å²) in [4.78, 5) is 12.0. The number of hydrogen-bond donors (Lipinski definition) is 1. The second-order valence-electron chi connectivity index (χ2n) is 6.18. The van der Waals surface area contributed by atoms with Gasteiger partial charge in [-0.1, -0.05) is 36.8 Å². The second-order valence-corrected chi connectivity index (χ2v) is 6.18. The van der Waals surface area contributed by atoms with Crippen LogP contribution in [-0.2, 0) is 9.53 Å². The van der Waals surface area contributed by atoms with Crippen LogP contribution in [0.25, 0.3) is 0 Å². The first-order chi connectivity index (χ1) is 9.78. The van der Waals surface area contributed by atoms with Crippen LogP contribution in [-0.4, -0.2) is 25.7 Å². The topological polar surface area (TPSA) is 38.3 Å². The normalized spacial score (nSPS) is 29.4. The molecular formula is C17H23NO2. The van der Waals surface area contributed by atoms with Crippen molar-refractivity contribution in [2.75, 3.05) is 13.7 Å². The highest BCUT2D eigenvalue weighted by atomic mass is 16.5. The van der Waals surface area contributed by atoms with E-state index in [0.29, 0.717) is 12.6 Å². The molecular weight excluding hydrogens is 250 g/mol. The zero-order valence-electron chi connectivity index (χ0n) is 12.0. The molecule has 2 fully saturated rings. The van der Waals surface area contributed by atoms with E-state index in [1.54, 1.807) is 0 Å². The number of methoxy groups -OCH3 is 1. The molecule has 0 aromatic heterocycles. The second kappa shape index (κ2) is 5.96. The number of ether oxygens (including phenoxy) is 1. The summed E-state index contributed by atoms with van der Waals surface area (Å²) in [5, 5.41) is 3.63. The number of nitrogens with one attached hydrogen (secondary N) is 1. The Balaban J connectivity index is 1.63. The molecule has 108 valence electrons. The van der Waals surface area contributed by atoms with Gasteiger partial charge in [0, 0.05) is 12.6 Å². The minimum absolute atomic E-state index is 0.146. The van der Waals surface area contributed by atoms with E-state index in [9.17, 15) is 4.79 Å². The highest BCUT2D eigenvalue weighted by Gasteiger charge is 2.39. The van der Waals surface area contributed by atoms with Crippen molar-refractivity contribution in [3.63, 3.8) is 0 Å². The lowest BCUT2D eigenvalue weighted by Gasteiger charge is -2.25. The quantitative estimate of drug-likeness (QED) is 0.838. The molecule has 1 aromatic carbocycles. The van der Waals surface area contributed by atoms with E-state index in [-0.39, 0.29) is 11.9 Å². The van der Waals surface area contributed by atoms with Crippen molar-refractivity contribution in [2.45, 2.75) is 37.6 Å². The molecule has 0 amide bonds. The summed E-state index contributed by atoms with van der Waals surface area (Å²) in [6.45, 7) is 0.685. The highest BCUT2D eigenvalue weighted by Crippen LogP contribution is 2.44. The van der Waals surface area contributed by atoms with E-state index < -0.39 is 0 Å². The monoisotopic (exact) mass is 273 g/mol. The van der Waals surface area contributed by atoms with E-state index in [1.807, 2.05) is 30.3 Å². The molecule has 4 atom stereocenters. The molecule has 0 heterocycles. The van der Waals surface area contributed by atoms with Crippen LogP contribution >= 0.6 is 0 Å². The lowest BCUT2D eigenvalue weighted by molar-refractivity contribution is -0.142. The van der Waals surface area contributed by atoms with Gasteiger partial charge in [0.25, 0.3) is 0 Å². The zero-order chi connectivity index (χ0) is 13.9. The Labute approximate surface area is 120 Å². The van der Waals surface area contributed by atoms with Gasteiger partial charge in [-0.2, -0.15) is 0 Å². The van der Waals surface area contributed by atoms with Gasteiger partial charge in [0.1, 0.15) is 0 Å². The summed E-state index contributed by atoms with van der Waals surface area (Å²) in [5.74, 6) is 1.41. The molecule has 20 heavy (non-hydrogen) atoms. The number of rotatable bonds is 5. The Morgan fingerprint density at radius 3 is 2.70 bits per heavy atom. The number of carbonyl (C=O) groups is 1. The van der Waals surface area contributed by atoms with Crippen LogP contribution in [0.3, 0.4) is 0 Å². The van der Waals surface area contributed by atoms with Crippen LogP contribution in [0.5, 0.6) is 0 Å². The van der Waals surface area contributed by atoms with E-state index in [1.165, 1.54) is 32.8 Å². The Hall–Kier alpha value is -1.35. The third kappa shape index (κ3) is 2.73. The van der Waals surface area contributed by atoms with E-state index in [0.717, 1.165) is 17.4 Å². The van der Waals surface area contributed by atoms with E-state index in [4.69, 9.17) is 4.74 Å². The fraction of sp³-hybridized carbons (Fsp3) is 0.588. The minimum atomic E-state index is -0.194. The summed E-state index contributed by atoms with van der Waals surface area (Å²) >= 11 is 0. The van der Waals surface area contributed by atoms with Crippen molar-refractivity contribution in [2.24, 2.45) is 11.8 Å². The predicted octanol–water partition coefficient (Wildman–Crippen LogP) is 2.72. The smallest absolute Gasteiger partial charge is 0.314 e. The van der Waals surface area contributed by atoms with Gasteiger partial charge in [0.05, 0.1) is 13.0 Å². The molecule has 3 heteroatoms. The molecule has 2 aliphatic carbocycles. The molecule has 3 rings (SSSR count). The van der Waals surface area contributed by atoms with Crippen LogP contribution < -0.4 is 5.32 Å². The van der Waals surface area contributed by atoms with Crippen molar-refractivity contribution >= 4 is 5.97 Å². The third-order valence-corrected chi connectivity index (χ3v) is 5.01. The molecule has 0 saturated heterocycles. The molecule has 1 aromatic rings. The lowest BCUT2D eigenvalue weighted by Crippen LogP contribution is -2.38. The Morgan fingerprint density at radius 1 is 1.30 bits per heavy atom. The molecule has 0 radical (unpaired) electrons. The number of esters is 1. The number of fused-ring (bicyclic) bond motifs is 2. The van der Waals surface area contributed by atoms with Gasteiger partial charge in [-0.3, -0.25) is 4.79 Å². The number of hydrogen-bond acceptors (Lipinski definition) is 3. The Bertz CT molecular complexity index is 459.